The number of aliphatic hydroxyl groups excluding tert-OH is 1. The van der Waals surface area contributed by atoms with E-state index >= 15 is 0 Å². The van der Waals surface area contributed by atoms with E-state index in [9.17, 15) is 4.79 Å². The molecule has 1 aliphatic rings. The van der Waals surface area contributed by atoms with Crippen molar-refractivity contribution in [1.29, 1.82) is 0 Å². The second kappa shape index (κ2) is 5.73. The number of hydrogen-bond donors (Lipinski definition) is 3. The number of amides is 2. The molecule has 4 N–H and O–H groups in total. The van der Waals surface area contributed by atoms with Crippen LogP contribution in [0.25, 0.3) is 0 Å². The van der Waals surface area contributed by atoms with Gasteiger partial charge in [0, 0.05) is 31.1 Å². The van der Waals surface area contributed by atoms with Crippen LogP contribution in [0.2, 0.25) is 0 Å². The van der Waals surface area contributed by atoms with Crippen LogP contribution in [0.5, 0.6) is 0 Å². The average Bonchev–Trinajstić information content (AvgIpc) is 2.78. The van der Waals surface area contributed by atoms with E-state index in [0.29, 0.717) is 23.8 Å². The maximum atomic E-state index is 12.0. The molecule has 5 heteroatoms. The van der Waals surface area contributed by atoms with Gasteiger partial charge < -0.3 is 21.1 Å². The van der Waals surface area contributed by atoms with Crippen molar-refractivity contribution in [2.24, 2.45) is 5.92 Å². The highest BCUT2D eigenvalue weighted by atomic mass is 16.3. The van der Waals surface area contributed by atoms with Crippen molar-refractivity contribution in [3.63, 3.8) is 0 Å². The number of carbonyl (C=O) groups excluding carboxylic acids is 1. The van der Waals surface area contributed by atoms with Crippen LogP contribution in [0.3, 0.4) is 0 Å². The molecule has 2 amide bonds. The molecule has 0 spiro atoms. The average molecular weight is 249 g/mol. The molecule has 1 heterocycles. The van der Waals surface area contributed by atoms with Gasteiger partial charge in [-0.05, 0) is 37.0 Å². The zero-order valence-corrected chi connectivity index (χ0v) is 10.3. The predicted octanol–water partition coefficient (Wildman–Crippen LogP) is 1.50. The van der Waals surface area contributed by atoms with Gasteiger partial charge in [-0.25, -0.2) is 4.79 Å². The number of nitrogens with one attached hydrogen (secondary N) is 1. The van der Waals surface area contributed by atoms with Gasteiger partial charge in [-0.3, -0.25) is 0 Å². The fourth-order valence-electron chi connectivity index (χ4n) is 2.25. The second-order valence-electron chi connectivity index (χ2n) is 4.67. The number of anilines is 2. The van der Waals surface area contributed by atoms with Gasteiger partial charge in [-0.15, -0.1) is 0 Å². The van der Waals surface area contributed by atoms with Crippen LogP contribution in [-0.2, 0) is 0 Å². The molecule has 1 aromatic carbocycles. The molecule has 18 heavy (non-hydrogen) atoms. The van der Waals surface area contributed by atoms with Gasteiger partial charge in [0.15, 0.2) is 0 Å². The molecule has 0 saturated carbocycles. The number of nitrogens with zero attached hydrogens (tertiary/aromatic N) is 1. The van der Waals surface area contributed by atoms with E-state index in [1.165, 1.54) is 0 Å². The molecular formula is C13H19N3O2. The van der Waals surface area contributed by atoms with Gasteiger partial charge in [0.1, 0.15) is 0 Å². The van der Waals surface area contributed by atoms with Crippen LogP contribution < -0.4 is 11.1 Å². The molecule has 1 aromatic rings. The van der Waals surface area contributed by atoms with Crippen LogP contribution >= 0.6 is 0 Å². The standard InChI is InChI=1S/C13H19N3O2/c14-11-2-1-3-12(8-11)15-13(18)16-6-4-10(9-16)5-7-17/h1-3,8,10,17H,4-7,9,14H2,(H,15,18). The second-order valence-corrected chi connectivity index (χ2v) is 4.67. The Kier molecular flexibility index (Phi) is 4.04. The molecule has 98 valence electrons. The van der Waals surface area contributed by atoms with Gasteiger partial charge in [-0.2, -0.15) is 0 Å². The Morgan fingerprint density at radius 1 is 1.56 bits per heavy atom. The summed E-state index contributed by atoms with van der Waals surface area (Å²) in [7, 11) is 0. The van der Waals surface area contributed by atoms with Gasteiger partial charge >= 0.3 is 6.03 Å². The molecule has 1 unspecified atom stereocenters. The summed E-state index contributed by atoms with van der Waals surface area (Å²) < 4.78 is 0. The smallest absolute Gasteiger partial charge is 0.321 e. The number of nitrogens with two attached hydrogens (primary N) is 1. The lowest BCUT2D eigenvalue weighted by atomic mass is 10.1. The molecule has 1 fully saturated rings. The Balaban J connectivity index is 1.89. The highest BCUT2D eigenvalue weighted by molar-refractivity contribution is 5.90. The monoisotopic (exact) mass is 249 g/mol. The third-order valence-electron chi connectivity index (χ3n) is 3.25. The van der Waals surface area contributed by atoms with Gasteiger partial charge in [0.25, 0.3) is 0 Å². The fourth-order valence-corrected chi connectivity index (χ4v) is 2.25. The van der Waals surface area contributed by atoms with Crippen molar-refractivity contribution in [1.82, 2.24) is 4.90 Å². The molecular weight excluding hydrogens is 230 g/mol. The third-order valence-corrected chi connectivity index (χ3v) is 3.25. The summed E-state index contributed by atoms with van der Waals surface area (Å²) in [6.07, 6.45) is 1.73. The zero-order chi connectivity index (χ0) is 13.0. The lowest BCUT2D eigenvalue weighted by molar-refractivity contribution is 0.217. The summed E-state index contributed by atoms with van der Waals surface area (Å²) in [6.45, 7) is 1.66. The summed E-state index contributed by atoms with van der Waals surface area (Å²) >= 11 is 0. The number of rotatable bonds is 3. The number of benzene rings is 1. The molecule has 0 aliphatic carbocycles. The molecule has 1 atom stereocenters. The number of aliphatic hydroxyl groups is 1. The molecule has 1 saturated heterocycles. The van der Waals surface area contributed by atoms with Crippen molar-refractivity contribution in [3.8, 4) is 0 Å². The van der Waals surface area contributed by atoms with Gasteiger partial charge in [-0.1, -0.05) is 6.07 Å². The van der Waals surface area contributed by atoms with Crippen LogP contribution in [0.1, 0.15) is 12.8 Å². The van der Waals surface area contributed by atoms with Gasteiger partial charge in [0.05, 0.1) is 0 Å². The van der Waals surface area contributed by atoms with Crippen LogP contribution in [0, 0.1) is 5.92 Å². The Morgan fingerprint density at radius 3 is 3.11 bits per heavy atom. The van der Waals surface area contributed by atoms with E-state index in [1.54, 1.807) is 17.0 Å². The summed E-state index contributed by atoms with van der Waals surface area (Å²) in [5.74, 6) is 0.418. The first-order valence-corrected chi connectivity index (χ1v) is 6.21. The van der Waals surface area contributed by atoms with Crippen molar-refractivity contribution in [2.45, 2.75) is 12.8 Å². The maximum absolute atomic E-state index is 12.0. The van der Waals surface area contributed by atoms with Gasteiger partial charge in [0.2, 0.25) is 0 Å². The maximum Gasteiger partial charge on any atom is 0.321 e. The van der Waals surface area contributed by atoms with E-state index < -0.39 is 0 Å². The number of likely N-dealkylation sites (tertiary alicyclic amines) is 1. The molecule has 5 nitrogen and oxygen atoms in total. The lowest BCUT2D eigenvalue weighted by Gasteiger charge is -2.17. The van der Waals surface area contributed by atoms with Crippen molar-refractivity contribution >= 4 is 17.4 Å². The summed E-state index contributed by atoms with van der Waals surface area (Å²) in [6, 6.07) is 7.04. The normalized spacial score (nSPS) is 18.9. The van der Waals surface area contributed by atoms with Crippen LogP contribution in [0.4, 0.5) is 16.2 Å². The van der Waals surface area contributed by atoms with Crippen LogP contribution in [0.15, 0.2) is 24.3 Å². The number of nitrogen functional groups attached to an aromatic ring is 1. The van der Waals surface area contributed by atoms with Crippen molar-refractivity contribution in [2.75, 3.05) is 30.7 Å². The van der Waals surface area contributed by atoms with Crippen molar-refractivity contribution in [3.05, 3.63) is 24.3 Å². The van der Waals surface area contributed by atoms with E-state index in [4.69, 9.17) is 10.8 Å². The van der Waals surface area contributed by atoms with E-state index in [1.807, 2.05) is 12.1 Å². The van der Waals surface area contributed by atoms with Crippen LogP contribution in [-0.4, -0.2) is 35.7 Å². The first kappa shape index (κ1) is 12.7. The minimum absolute atomic E-state index is 0.0963. The zero-order valence-electron chi connectivity index (χ0n) is 10.3. The Hall–Kier alpha value is -1.75. The fraction of sp³-hybridized carbons (Fsp3) is 0.462. The van der Waals surface area contributed by atoms with E-state index in [-0.39, 0.29) is 12.6 Å². The largest absolute Gasteiger partial charge is 0.399 e. The first-order valence-electron chi connectivity index (χ1n) is 6.21. The number of urea groups is 1. The Labute approximate surface area is 107 Å². The number of hydrogen-bond acceptors (Lipinski definition) is 3. The summed E-state index contributed by atoms with van der Waals surface area (Å²) in [5, 5.41) is 11.7. The molecule has 0 aromatic heterocycles. The molecule has 1 aliphatic heterocycles. The van der Waals surface area contributed by atoms with E-state index in [0.717, 1.165) is 19.4 Å². The number of carbonyl (C=O) groups is 1. The minimum Gasteiger partial charge on any atom is -0.399 e. The van der Waals surface area contributed by atoms with E-state index in [2.05, 4.69) is 5.32 Å². The lowest BCUT2D eigenvalue weighted by Crippen LogP contribution is -2.33. The highest BCUT2D eigenvalue weighted by Crippen LogP contribution is 2.20. The topological polar surface area (TPSA) is 78.6 Å². The SMILES string of the molecule is Nc1cccc(NC(=O)N2CCC(CCO)C2)c1. The molecule has 0 radical (unpaired) electrons. The third kappa shape index (κ3) is 3.13. The Bertz CT molecular complexity index is 422. The quantitative estimate of drug-likeness (QED) is 0.710. The van der Waals surface area contributed by atoms with Crippen molar-refractivity contribution < 1.29 is 9.90 Å². The minimum atomic E-state index is -0.0963. The Morgan fingerprint density at radius 2 is 2.39 bits per heavy atom. The molecule has 0 bridgehead atoms. The summed E-state index contributed by atoms with van der Waals surface area (Å²) in [5.41, 5.74) is 7.00. The predicted molar refractivity (Wildman–Crippen MR) is 71.3 cm³/mol. The first-order chi connectivity index (χ1) is 8.69. The summed E-state index contributed by atoms with van der Waals surface area (Å²) in [4.78, 5) is 13.8. The molecule has 2 rings (SSSR count). The highest BCUT2D eigenvalue weighted by Gasteiger charge is 2.25.